The summed E-state index contributed by atoms with van der Waals surface area (Å²) in [6, 6.07) is 5.20. The van der Waals surface area contributed by atoms with Crippen molar-refractivity contribution in [3.63, 3.8) is 0 Å². The van der Waals surface area contributed by atoms with Crippen molar-refractivity contribution in [1.29, 1.82) is 0 Å². The Morgan fingerprint density at radius 3 is 2.32 bits per heavy atom. The van der Waals surface area contributed by atoms with Gasteiger partial charge in [-0.2, -0.15) is 0 Å². The van der Waals surface area contributed by atoms with Crippen molar-refractivity contribution in [3.05, 3.63) is 29.3 Å². The molecule has 0 atom stereocenters. The molecule has 0 bridgehead atoms. The molecule has 1 rings (SSSR count). The highest BCUT2D eigenvalue weighted by atomic mass is 16.4. The standard InChI is InChI=1S/C14H20N2O3/c1-9-5-6-10(13(15)19)11(7-9)16(8-12(17)18)14(2,3)4/h5-7H,8H2,1-4H3,(H2,15,19)(H,17,18). The van der Waals surface area contributed by atoms with Gasteiger partial charge in [-0.15, -0.1) is 0 Å². The first-order valence-electron chi connectivity index (χ1n) is 6.03. The summed E-state index contributed by atoms with van der Waals surface area (Å²) in [5, 5.41) is 9.05. The number of primary amides is 1. The zero-order chi connectivity index (χ0) is 14.8. The fourth-order valence-corrected chi connectivity index (χ4v) is 1.89. The fraction of sp³-hybridized carbons (Fsp3) is 0.429. The summed E-state index contributed by atoms with van der Waals surface area (Å²) in [6.07, 6.45) is 0. The first-order chi connectivity index (χ1) is 8.62. The number of carbonyl (C=O) groups excluding carboxylic acids is 1. The zero-order valence-corrected chi connectivity index (χ0v) is 11.7. The lowest BCUT2D eigenvalue weighted by molar-refractivity contribution is -0.135. The molecular weight excluding hydrogens is 244 g/mol. The minimum absolute atomic E-state index is 0.187. The zero-order valence-electron chi connectivity index (χ0n) is 11.7. The van der Waals surface area contributed by atoms with Gasteiger partial charge in [-0.05, 0) is 45.4 Å². The van der Waals surface area contributed by atoms with Gasteiger partial charge in [-0.1, -0.05) is 6.07 Å². The Labute approximate surface area is 113 Å². The highest BCUT2D eigenvalue weighted by Crippen LogP contribution is 2.28. The third-order valence-corrected chi connectivity index (χ3v) is 2.81. The molecule has 0 unspecified atom stereocenters. The van der Waals surface area contributed by atoms with Crippen molar-refractivity contribution in [1.82, 2.24) is 0 Å². The van der Waals surface area contributed by atoms with Crippen LogP contribution in [-0.4, -0.2) is 29.1 Å². The average molecular weight is 264 g/mol. The molecular formula is C14H20N2O3. The Kier molecular flexibility index (Phi) is 4.19. The van der Waals surface area contributed by atoms with Crippen LogP contribution in [0.1, 0.15) is 36.7 Å². The van der Waals surface area contributed by atoms with Crippen LogP contribution in [0.2, 0.25) is 0 Å². The third kappa shape index (κ3) is 3.71. The van der Waals surface area contributed by atoms with Gasteiger partial charge in [-0.25, -0.2) is 0 Å². The summed E-state index contributed by atoms with van der Waals surface area (Å²) < 4.78 is 0. The van der Waals surface area contributed by atoms with E-state index in [4.69, 9.17) is 10.8 Å². The molecule has 0 radical (unpaired) electrons. The highest BCUT2D eigenvalue weighted by Gasteiger charge is 2.27. The minimum Gasteiger partial charge on any atom is -0.480 e. The number of anilines is 1. The molecule has 19 heavy (non-hydrogen) atoms. The first-order valence-corrected chi connectivity index (χ1v) is 6.03. The van der Waals surface area contributed by atoms with Gasteiger partial charge in [0.2, 0.25) is 0 Å². The number of nitrogens with two attached hydrogens (primary N) is 1. The Bertz CT molecular complexity index is 504. The van der Waals surface area contributed by atoms with Crippen LogP contribution in [0.4, 0.5) is 5.69 Å². The molecule has 104 valence electrons. The van der Waals surface area contributed by atoms with E-state index < -0.39 is 17.4 Å². The van der Waals surface area contributed by atoms with E-state index in [2.05, 4.69) is 0 Å². The Morgan fingerprint density at radius 1 is 1.32 bits per heavy atom. The molecule has 1 aromatic carbocycles. The van der Waals surface area contributed by atoms with Crippen LogP contribution < -0.4 is 10.6 Å². The van der Waals surface area contributed by atoms with E-state index in [-0.39, 0.29) is 6.54 Å². The monoisotopic (exact) mass is 264 g/mol. The van der Waals surface area contributed by atoms with Crippen molar-refractivity contribution < 1.29 is 14.7 Å². The lowest BCUT2D eigenvalue weighted by Gasteiger charge is -2.37. The van der Waals surface area contributed by atoms with Crippen LogP contribution in [0.3, 0.4) is 0 Å². The van der Waals surface area contributed by atoms with Crippen molar-refractivity contribution in [3.8, 4) is 0 Å². The Morgan fingerprint density at radius 2 is 1.89 bits per heavy atom. The smallest absolute Gasteiger partial charge is 0.323 e. The van der Waals surface area contributed by atoms with Gasteiger partial charge in [0.1, 0.15) is 6.54 Å². The van der Waals surface area contributed by atoms with E-state index in [1.165, 1.54) is 0 Å². The molecule has 0 spiro atoms. The second-order valence-electron chi connectivity index (χ2n) is 5.54. The molecule has 5 nitrogen and oxygen atoms in total. The molecule has 0 aromatic heterocycles. The predicted octanol–water partition coefficient (Wildman–Crippen LogP) is 1.78. The molecule has 3 N–H and O–H groups in total. The van der Waals surface area contributed by atoms with Gasteiger partial charge < -0.3 is 15.7 Å². The normalized spacial score (nSPS) is 11.2. The lowest BCUT2D eigenvalue weighted by atomic mass is 10.0. The number of benzene rings is 1. The van der Waals surface area contributed by atoms with Crippen LogP contribution in [0.25, 0.3) is 0 Å². The Hall–Kier alpha value is -2.04. The molecule has 1 amide bonds. The minimum atomic E-state index is -0.952. The highest BCUT2D eigenvalue weighted by molar-refractivity contribution is 5.99. The van der Waals surface area contributed by atoms with Crippen LogP contribution in [0.15, 0.2) is 18.2 Å². The molecule has 0 saturated carbocycles. The number of aliphatic carboxylic acids is 1. The number of amides is 1. The number of rotatable bonds is 4. The molecule has 0 aliphatic heterocycles. The fourth-order valence-electron chi connectivity index (χ4n) is 1.89. The van der Waals surface area contributed by atoms with Gasteiger partial charge in [-0.3, -0.25) is 9.59 Å². The summed E-state index contributed by atoms with van der Waals surface area (Å²) in [6.45, 7) is 7.37. The van der Waals surface area contributed by atoms with Crippen LogP contribution in [0, 0.1) is 6.92 Å². The number of aryl methyl sites for hydroxylation is 1. The topological polar surface area (TPSA) is 83.6 Å². The van der Waals surface area contributed by atoms with E-state index >= 15 is 0 Å². The molecule has 0 saturated heterocycles. The van der Waals surface area contributed by atoms with E-state index in [0.717, 1.165) is 5.56 Å². The maximum atomic E-state index is 11.5. The van der Waals surface area contributed by atoms with E-state index in [9.17, 15) is 9.59 Å². The average Bonchev–Trinajstić information content (AvgIpc) is 2.23. The third-order valence-electron chi connectivity index (χ3n) is 2.81. The van der Waals surface area contributed by atoms with Gasteiger partial charge in [0, 0.05) is 5.54 Å². The van der Waals surface area contributed by atoms with Crippen molar-refractivity contribution in [2.24, 2.45) is 5.73 Å². The quantitative estimate of drug-likeness (QED) is 0.868. The molecule has 0 fully saturated rings. The largest absolute Gasteiger partial charge is 0.480 e. The van der Waals surface area contributed by atoms with Crippen LogP contribution in [-0.2, 0) is 4.79 Å². The SMILES string of the molecule is Cc1ccc(C(N)=O)c(N(CC(=O)O)C(C)(C)C)c1. The summed E-state index contributed by atoms with van der Waals surface area (Å²) in [7, 11) is 0. The summed E-state index contributed by atoms with van der Waals surface area (Å²) in [5.74, 6) is -1.51. The second kappa shape index (κ2) is 5.30. The molecule has 0 aliphatic carbocycles. The Balaban J connectivity index is 3.40. The summed E-state index contributed by atoms with van der Waals surface area (Å²) in [4.78, 5) is 24.2. The van der Waals surface area contributed by atoms with E-state index in [0.29, 0.717) is 11.3 Å². The summed E-state index contributed by atoms with van der Waals surface area (Å²) in [5.41, 5.74) is 6.77. The number of nitrogens with zero attached hydrogens (tertiary/aromatic N) is 1. The summed E-state index contributed by atoms with van der Waals surface area (Å²) >= 11 is 0. The van der Waals surface area contributed by atoms with Crippen molar-refractivity contribution >= 4 is 17.6 Å². The van der Waals surface area contributed by atoms with Crippen molar-refractivity contribution in [2.75, 3.05) is 11.4 Å². The number of carbonyl (C=O) groups is 2. The molecule has 0 heterocycles. The van der Waals surface area contributed by atoms with Crippen LogP contribution in [0.5, 0.6) is 0 Å². The number of carboxylic acids is 1. The maximum Gasteiger partial charge on any atom is 0.323 e. The van der Waals surface area contributed by atoms with Gasteiger partial charge >= 0.3 is 5.97 Å². The van der Waals surface area contributed by atoms with Gasteiger partial charge in [0.05, 0.1) is 11.3 Å². The molecule has 5 heteroatoms. The van der Waals surface area contributed by atoms with E-state index in [1.54, 1.807) is 23.1 Å². The number of hydrogen-bond donors (Lipinski definition) is 2. The van der Waals surface area contributed by atoms with Gasteiger partial charge in [0.25, 0.3) is 5.91 Å². The number of carboxylic acid groups (broad SMARTS) is 1. The first kappa shape index (κ1) is 15.0. The molecule has 0 aliphatic rings. The maximum absolute atomic E-state index is 11.5. The van der Waals surface area contributed by atoms with Crippen molar-refractivity contribution in [2.45, 2.75) is 33.2 Å². The second-order valence-corrected chi connectivity index (χ2v) is 5.54. The van der Waals surface area contributed by atoms with Crippen LogP contribution >= 0.6 is 0 Å². The lowest BCUT2D eigenvalue weighted by Crippen LogP contribution is -2.45. The van der Waals surface area contributed by atoms with E-state index in [1.807, 2.05) is 27.7 Å². The molecule has 1 aromatic rings. The van der Waals surface area contributed by atoms with Gasteiger partial charge in [0.15, 0.2) is 0 Å². The number of hydrogen-bond acceptors (Lipinski definition) is 3. The predicted molar refractivity (Wildman–Crippen MR) is 74.4 cm³/mol.